The fourth-order valence-corrected chi connectivity index (χ4v) is 3.35. The molecule has 132 valence electrons. The van der Waals surface area contributed by atoms with Crippen molar-refractivity contribution in [1.29, 1.82) is 0 Å². The van der Waals surface area contributed by atoms with E-state index >= 15 is 0 Å². The summed E-state index contributed by atoms with van der Waals surface area (Å²) in [5.74, 6) is 1.02. The van der Waals surface area contributed by atoms with E-state index in [1.54, 1.807) is 6.92 Å². The number of nitrogens with zero attached hydrogens (tertiary/aromatic N) is 1. The maximum absolute atomic E-state index is 12.8. The number of carbonyl (C=O) groups is 1. The lowest BCUT2D eigenvalue weighted by atomic mass is 10.0. The standard InChI is InChI=1S/C21H25NO3/c1-3-25-20-10-5-4-9-19(20)16-7-6-8-17(13-16)21(24)22-12-11-18(14-22)15(2)23/h4-10,13,15,18,23H,3,11-12,14H2,1-2H3. The van der Waals surface area contributed by atoms with Gasteiger partial charge in [0.25, 0.3) is 5.91 Å². The molecule has 2 atom stereocenters. The number of aliphatic hydroxyl groups excluding tert-OH is 1. The molecule has 0 saturated carbocycles. The first-order valence-electron chi connectivity index (χ1n) is 8.89. The highest BCUT2D eigenvalue weighted by Gasteiger charge is 2.29. The van der Waals surface area contributed by atoms with Crippen molar-refractivity contribution in [3.05, 3.63) is 54.1 Å². The Kier molecular flexibility index (Phi) is 5.39. The van der Waals surface area contributed by atoms with Crippen molar-refractivity contribution in [3.8, 4) is 16.9 Å². The van der Waals surface area contributed by atoms with Crippen LogP contribution in [-0.4, -0.2) is 41.7 Å². The molecule has 4 nitrogen and oxygen atoms in total. The van der Waals surface area contributed by atoms with Gasteiger partial charge in [0.1, 0.15) is 5.75 Å². The predicted octanol–water partition coefficient (Wildman–Crippen LogP) is 3.60. The highest BCUT2D eigenvalue weighted by Crippen LogP contribution is 2.31. The summed E-state index contributed by atoms with van der Waals surface area (Å²) in [6, 6.07) is 15.6. The highest BCUT2D eigenvalue weighted by molar-refractivity contribution is 5.95. The zero-order valence-corrected chi connectivity index (χ0v) is 14.8. The summed E-state index contributed by atoms with van der Waals surface area (Å²) in [5, 5.41) is 9.74. The number of carbonyl (C=O) groups excluding carboxylic acids is 1. The van der Waals surface area contributed by atoms with Gasteiger partial charge in [-0.2, -0.15) is 0 Å². The molecule has 1 saturated heterocycles. The highest BCUT2D eigenvalue weighted by atomic mass is 16.5. The summed E-state index contributed by atoms with van der Waals surface area (Å²) in [7, 11) is 0. The smallest absolute Gasteiger partial charge is 0.253 e. The third kappa shape index (κ3) is 3.85. The number of likely N-dealkylation sites (tertiary alicyclic amines) is 1. The Morgan fingerprint density at radius 2 is 2.08 bits per heavy atom. The van der Waals surface area contributed by atoms with Crippen LogP contribution >= 0.6 is 0 Å². The number of hydrogen-bond acceptors (Lipinski definition) is 3. The minimum absolute atomic E-state index is 0.0268. The Labute approximate surface area is 149 Å². The second-order valence-corrected chi connectivity index (χ2v) is 6.55. The van der Waals surface area contributed by atoms with Crippen molar-refractivity contribution >= 4 is 5.91 Å². The van der Waals surface area contributed by atoms with Gasteiger partial charge in [-0.15, -0.1) is 0 Å². The van der Waals surface area contributed by atoms with Crippen LogP contribution in [0.3, 0.4) is 0 Å². The van der Waals surface area contributed by atoms with Gasteiger partial charge in [0.2, 0.25) is 0 Å². The molecule has 0 aliphatic carbocycles. The average molecular weight is 339 g/mol. The van der Waals surface area contributed by atoms with E-state index in [0.717, 1.165) is 23.3 Å². The van der Waals surface area contributed by atoms with Crippen LogP contribution in [0.4, 0.5) is 0 Å². The second kappa shape index (κ2) is 7.70. The number of aliphatic hydroxyl groups is 1. The van der Waals surface area contributed by atoms with Crippen molar-refractivity contribution in [3.63, 3.8) is 0 Å². The molecule has 1 fully saturated rings. The zero-order valence-electron chi connectivity index (χ0n) is 14.8. The van der Waals surface area contributed by atoms with Gasteiger partial charge in [-0.05, 0) is 44.0 Å². The van der Waals surface area contributed by atoms with E-state index in [2.05, 4.69) is 0 Å². The van der Waals surface area contributed by atoms with E-state index < -0.39 is 0 Å². The monoisotopic (exact) mass is 339 g/mol. The molecule has 1 heterocycles. The molecule has 2 aromatic carbocycles. The number of hydrogen-bond donors (Lipinski definition) is 1. The topological polar surface area (TPSA) is 49.8 Å². The van der Waals surface area contributed by atoms with Gasteiger partial charge in [0.05, 0.1) is 12.7 Å². The Hall–Kier alpha value is -2.33. The van der Waals surface area contributed by atoms with Crippen LogP contribution in [0.25, 0.3) is 11.1 Å². The first-order chi connectivity index (χ1) is 12.1. The molecule has 1 aliphatic rings. The van der Waals surface area contributed by atoms with Gasteiger partial charge in [-0.1, -0.05) is 30.3 Å². The van der Waals surface area contributed by atoms with Gasteiger partial charge >= 0.3 is 0 Å². The lowest BCUT2D eigenvalue weighted by molar-refractivity contribution is 0.0762. The van der Waals surface area contributed by atoms with Crippen LogP contribution in [0.5, 0.6) is 5.75 Å². The van der Waals surface area contributed by atoms with Gasteiger partial charge in [-0.25, -0.2) is 0 Å². The van der Waals surface area contributed by atoms with E-state index in [1.807, 2.05) is 60.4 Å². The van der Waals surface area contributed by atoms with Gasteiger partial charge in [-0.3, -0.25) is 4.79 Å². The van der Waals surface area contributed by atoms with Crippen LogP contribution in [0.15, 0.2) is 48.5 Å². The molecule has 0 spiro atoms. The Balaban J connectivity index is 1.84. The summed E-state index contributed by atoms with van der Waals surface area (Å²) in [6.07, 6.45) is 0.484. The van der Waals surface area contributed by atoms with Gasteiger partial charge < -0.3 is 14.7 Å². The molecular weight excluding hydrogens is 314 g/mol. The van der Waals surface area contributed by atoms with Crippen LogP contribution in [-0.2, 0) is 0 Å². The van der Waals surface area contributed by atoms with Crippen molar-refractivity contribution in [2.24, 2.45) is 5.92 Å². The summed E-state index contributed by atoms with van der Waals surface area (Å²) in [6.45, 7) is 5.68. The zero-order chi connectivity index (χ0) is 17.8. The average Bonchev–Trinajstić information content (AvgIpc) is 3.12. The molecule has 1 aliphatic heterocycles. The third-order valence-corrected chi connectivity index (χ3v) is 4.80. The summed E-state index contributed by atoms with van der Waals surface area (Å²) in [5.41, 5.74) is 2.64. The predicted molar refractivity (Wildman–Crippen MR) is 98.7 cm³/mol. The lowest BCUT2D eigenvalue weighted by Gasteiger charge is -2.18. The van der Waals surface area contributed by atoms with E-state index in [1.165, 1.54) is 0 Å². The molecule has 0 radical (unpaired) electrons. The quantitative estimate of drug-likeness (QED) is 0.905. The summed E-state index contributed by atoms with van der Waals surface area (Å²) in [4.78, 5) is 14.7. The van der Waals surface area contributed by atoms with Crippen LogP contribution < -0.4 is 4.74 Å². The third-order valence-electron chi connectivity index (χ3n) is 4.80. The SMILES string of the molecule is CCOc1ccccc1-c1cccc(C(=O)N2CCC(C(C)O)C2)c1. The van der Waals surface area contributed by atoms with E-state index in [-0.39, 0.29) is 17.9 Å². The Morgan fingerprint density at radius 3 is 2.80 bits per heavy atom. The van der Waals surface area contributed by atoms with E-state index in [9.17, 15) is 9.90 Å². The van der Waals surface area contributed by atoms with E-state index in [0.29, 0.717) is 25.3 Å². The Bertz CT molecular complexity index is 741. The number of rotatable bonds is 5. The number of para-hydroxylation sites is 1. The largest absolute Gasteiger partial charge is 0.493 e. The molecule has 25 heavy (non-hydrogen) atoms. The molecular formula is C21H25NO3. The molecule has 0 bridgehead atoms. The molecule has 1 amide bonds. The van der Waals surface area contributed by atoms with Gasteiger partial charge in [0.15, 0.2) is 0 Å². The summed E-state index contributed by atoms with van der Waals surface area (Å²) < 4.78 is 5.71. The molecule has 1 N–H and O–H groups in total. The number of benzene rings is 2. The molecule has 2 aromatic rings. The van der Waals surface area contributed by atoms with Crippen LogP contribution in [0.2, 0.25) is 0 Å². The molecule has 3 rings (SSSR count). The molecule has 4 heteroatoms. The van der Waals surface area contributed by atoms with Crippen molar-refractivity contribution < 1.29 is 14.6 Å². The van der Waals surface area contributed by atoms with Crippen molar-refractivity contribution in [2.45, 2.75) is 26.4 Å². The molecule has 0 aromatic heterocycles. The second-order valence-electron chi connectivity index (χ2n) is 6.55. The number of ether oxygens (including phenoxy) is 1. The fraction of sp³-hybridized carbons (Fsp3) is 0.381. The van der Waals surface area contributed by atoms with Crippen LogP contribution in [0, 0.1) is 5.92 Å². The first kappa shape index (κ1) is 17.5. The van der Waals surface area contributed by atoms with Crippen LogP contribution in [0.1, 0.15) is 30.6 Å². The Morgan fingerprint density at radius 1 is 1.28 bits per heavy atom. The summed E-state index contributed by atoms with van der Waals surface area (Å²) >= 11 is 0. The maximum atomic E-state index is 12.8. The number of amides is 1. The fourth-order valence-electron chi connectivity index (χ4n) is 3.35. The maximum Gasteiger partial charge on any atom is 0.253 e. The van der Waals surface area contributed by atoms with Crippen molar-refractivity contribution in [2.75, 3.05) is 19.7 Å². The minimum Gasteiger partial charge on any atom is -0.493 e. The normalized spacial score (nSPS) is 18.2. The van der Waals surface area contributed by atoms with E-state index in [4.69, 9.17) is 4.74 Å². The minimum atomic E-state index is -0.373. The lowest BCUT2D eigenvalue weighted by Crippen LogP contribution is -2.30. The first-order valence-corrected chi connectivity index (χ1v) is 8.89. The van der Waals surface area contributed by atoms with Gasteiger partial charge in [0, 0.05) is 30.1 Å². The molecule has 2 unspecified atom stereocenters. The van der Waals surface area contributed by atoms with Crippen molar-refractivity contribution in [1.82, 2.24) is 4.90 Å².